The fourth-order valence-corrected chi connectivity index (χ4v) is 4.08. The zero-order chi connectivity index (χ0) is 21.7. The molecule has 0 aliphatic carbocycles. The molecule has 3 atom stereocenters. The van der Waals surface area contributed by atoms with Gasteiger partial charge in [-0.2, -0.15) is 0 Å². The smallest absolute Gasteiger partial charge is 0.177 e. The van der Waals surface area contributed by atoms with E-state index in [4.69, 9.17) is 67.0 Å². The second kappa shape index (κ2) is 10.5. The van der Waals surface area contributed by atoms with Gasteiger partial charge in [0.1, 0.15) is 6.10 Å². The minimum atomic E-state index is -1.52. The molecule has 0 radical (unpaired) electrons. The van der Waals surface area contributed by atoms with Crippen LogP contribution in [0.1, 0.15) is 17.5 Å². The molecule has 1 heterocycles. The van der Waals surface area contributed by atoms with Crippen LogP contribution in [0.25, 0.3) is 0 Å². The van der Waals surface area contributed by atoms with E-state index in [1.807, 2.05) is 6.07 Å². The van der Waals surface area contributed by atoms with Gasteiger partial charge in [-0.25, -0.2) is 0 Å². The molecule has 30 heavy (non-hydrogen) atoms. The Kier molecular flexibility index (Phi) is 8.31. The van der Waals surface area contributed by atoms with E-state index in [9.17, 15) is 5.11 Å². The molecule has 1 saturated heterocycles. The Balaban J connectivity index is 1.57. The Morgan fingerprint density at radius 3 is 2.20 bits per heavy atom. The van der Waals surface area contributed by atoms with E-state index in [0.717, 1.165) is 11.1 Å². The lowest BCUT2D eigenvalue weighted by Crippen LogP contribution is -2.44. The first kappa shape index (κ1) is 23.7. The third-order valence-electron chi connectivity index (χ3n) is 4.83. The zero-order valence-electron chi connectivity index (χ0n) is 15.9. The van der Waals surface area contributed by atoms with Gasteiger partial charge < -0.3 is 19.3 Å². The predicted octanol–water partition coefficient (Wildman–Crippen LogP) is 5.56. The van der Waals surface area contributed by atoms with E-state index in [1.54, 1.807) is 30.3 Å². The topological polar surface area (TPSA) is 47.9 Å². The molecule has 2 aromatic rings. The maximum Gasteiger partial charge on any atom is 0.177 e. The van der Waals surface area contributed by atoms with Crippen molar-refractivity contribution in [3.63, 3.8) is 0 Å². The summed E-state index contributed by atoms with van der Waals surface area (Å²) in [6.45, 7) is 0.835. The van der Waals surface area contributed by atoms with Crippen LogP contribution in [0.15, 0.2) is 36.4 Å². The summed E-state index contributed by atoms with van der Waals surface area (Å²) in [6.07, 6.45) is 4.86. The van der Waals surface area contributed by atoms with Crippen LogP contribution in [-0.2, 0) is 27.4 Å². The maximum atomic E-state index is 10.7. The van der Waals surface area contributed by atoms with Crippen LogP contribution < -0.4 is 0 Å². The summed E-state index contributed by atoms with van der Waals surface area (Å²) in [4.78, 5) is 0. The van der Waals surface area contributed by atoms with Gasteiger partial charge in [-0.05, 0) is 41.8 Å². The van der Waals surface area contributed by atoms with Crippen molar-refractivity contribution >= 4 is 46.4 Å². The van der Waals surface area contributed by atoms with E-state index in [0.29, 0.717) is 39.7 Å². The highest BCUT2D eigenvalue weighted by Crippen LogP contribution is 2.31. The predicted molar refractivity (Wildman–Crippen MR) is 119 cm³/mol. The second-order valence-corrected chi connectivity index (χ2v) is 8.65. The van der Waals surface area contributed by atoms with Crippen LogP contribution in [-0.4, -0.2) is 36.1 Å². The number of halogens is 4. The highest BCUT2D eigenvalue weighted by atomic mass is 35.5. The SMILES string of the molecule is C#C[C@]1(O)CO[C@H](CCOCc2ccc(Cl)cc2Cl)C1OCc1ccc(Cl)cc1Cl. The lowest BCUT2D eigenvalue weighted by atomic mass is 9.96. The third-order valence-corrected chi connectivity index (χ3v) is 6.00. The Morgan fingerprint density at radius 2 is 1.63 bits per heavy atom. The summed E-state index contributed by atoms with van der Waals surface area (Å²) in [6, 6.07) is 10.4. The van der Waals surface area contributed by atoms with E-state index in [1.165, 1.54) is 0 Å². The average Bonchev–Trinajstić information content (AvgIpc) is 3.02. The molecule has 1 aliphatic heterocycles. The molecular weight excluding hydrogens is 470 g/mol. The molecule has 3 rings (SSSR count). The molecule has 1 aliphatic rings. The number of ether oxygens (including phenoxy) is 3. The Hall–Kier alpha value is -1.000. The lowest BCUT2D eigenvalue weighted by molar-refractivity contribution is -0.0753. The van der Waals surface area contributed by atoms with Crippen molar-refractivity contribution in [2.45, 2.75) is 37.4 Å². The number of hydrogen-bond donors (Lipinski definition) is 1. The van der Waals surface area contributed by atoms with E-state index >= 15 is 0 Å². The summed E-state index contributed by atoms with van der Waals surface area (Å²) in [5.41, 5.74) is 0.0432. The van der Waals surface area contributed by atoms with Gasteiger partial charge in [-0.15, -0.1) is 6.42 Å². The summed E-state index contributed by atoms with van der Waals surface area (Å²) < 4.78 is 17.4. The number of terminal acetylenes is 1. The third kappa shape index (κ3) is 5.82. The zero-order valence-corrected chi connectivity index (χ0v) is 18.9. The molecule has 1 N–H and O–H groups in total. The van der Waals surface area contributed by atoms with Crippen molar-refractivity contribution in [3.8, 4) is 12.3 Å². The van der Waals surface area contributed by atoms with Gasteiger partial charge >= 0.3 is 0 Å². The summed E-state index contributed by atoms with van der Waals surface area (Å²) in [5, 5.41) is 12.8. The number of aliphatic hydroxyl groups is 1. The Bertz CT molecular complexity index is 930. The molecule has 0 saturated carbocycles. The van der Waals surface area contributed by atoms with Crippen LogP contribution in [0.2, 0.25) is 20.1 Å². The van der Waals surface area contributed by atoms with Crippen molar-refractivity contribution in [1.29, 1.82) is 0 Å². The fourth-order valence-electron chi connectivity index (χ4n) is 3.15. The summed E-state index contributed by atoms with van der Waals surface area (Å²) in [5.74, 6) is 2.39. The van der Waals surface area contributed by atoms with Gasteiger partial charge in [-0.3, -0.25) is 0 Å². The monoisotopic (exact) mass is 488 g/mol. The highest BCUT2D eigenvalue weighted by Gasteiger charge is 2.48. The van der Waals surface area contributed by atoms with Gasteiger partial charge in [0.25, 0.3) is 0 Å². The van der Waals surface area contributed by atoms with Crippen LogP contribution in [0.4, 0.5) is 0 Å². The van der Waals surface area contributed by atoms with Crippen LogP contribution in [0, 0.1) is 12.3 Å². The van der Waals surface area contributed by atoms with Crippen LogP contribution >= 0.6 is 46.4 Å². The van der Waals surface area contributed by atoms with Gasteiger partial charge in [0.15, 0.2) is 5.60 Å². The Morgan fingerprint density at radius 1 is 1.03 bits per heavy atom. The normalized spacial score (nSPS) is 23.5. The van der Waals surface area contributed by atoms with Crippen molar-refractivity contribution in [1.82, 2.24) is 0 Å². The lowest BCUT2D eigenvalue weighted by Gasteiger charge is -2.26. The minimum absolute atomic E-state index is 0.0177. The number of benzene rings is 2. The molecule has 1 fully saturated rings. The maximum absolute atomic E-state index is 10.7. The van der Waals surface area contributed by atoms with E-state index < -0.39 is 17.8 Å². The van der Waals surface area contributed by atoms with Crippen LogP contribution in [0.3, 0.4) is 0 Å². The van der Waals surface area contributed by atoms with Gasteiger partial charge in [-0.1, -0.05) is 64.5 Å². The molecule has 8 heteroatoms. The van der Waals surface area contributed by atoms with Gasteiger partial charge in [0, 0.05) is 26.7 Å². The molecule has 160 valence electrons. The van der Waals surface area contributed by atoms with Crippen molar-refractivity contribution in [2.75, 3.05) is 13.2 Å². The largest absolute Gasteiger partial charge is 0.377 e. The second-order valence-electron chi connectivity index (χ2n) is 6.96. The number of hydrogen-bond acceptors (Lipinski definition) is 4. The van der Waals surface area contributed by atoms with Crippen molar-refractivity contribution in [2.24, 2.45) is 0 Å². The first-order chi connectivity index (χ1) is 14.3. The standard InChI is InChI=1S/C22H20Cl4O4/c1-2-22(27)13-30-20(7-8-28-11-14-3-5-16(23)9-18(14)25)21(22)29-12-15-4-6-17(24)10-19(15)26/h1,3-6,9-10,20-21,27H,7-8,11-13H2/t20-,21?,22+/m1/s1. The quantitative estimate of drug-likeness (QED) is 0.389. The molecule has 2 aromatic carbocycles. The van der Waals surface area contributed by atoms with E-state index in [-0.39, 0.29) is 13.2 Å². The first-order valence-corrected chi connectivity index (χ1v) is 10.7. The van der Waals surface area contributed by atoms with Crippen molar-refractivity contribution in [3.05, 3.63) is 67.6 Å². The highest BCUT2D eigenvalue weighted by molar-refractivity contribution is 6.35. The minimum Gasteiger partial charge on any atom is -0.377 e. The molecule has 1 unspecified atom stereocenters. The van der Waals surface area contributed by atoms with Gasteiger partial charge in [0.05, 0.1) is 25.9 Å². The molecule has 0 amide bonds. The average molecular weight is 490 g/mol. The van der Waals surface area contributed by atoms with Crippen molar-refractivity contribution < 1.29 is 19.3 Å². The van der Waals surface area contributed by atoms with E-state index in [2.05, 4.69) is 5.92 Å². The molecule has 0 bridgehead atoms. The van der Waals surface area contributed by atoms with Crippen LogP contribution in [0.5, 0.6) is 0 Å². The Labute approximate surface area is 195 Å². The fraction of sp³-hybridized carbons (Fsp3) is 0.364. The van der Waals surface area contributed by atoms with Gasteiger partial charge in [0.2, 0.25) is 0 Å². The first-order valence-electron chi connectivity index (χ1n) is 9.21. The summed E-state index contributed by atoms with van der Waals surface area (Å²) >= 11 is 24.2. The molecule has 0 aromatic heterocycles. The number of rotatable bonds is 8. The molecular formula is C22H20Cl4O4. The molecule has 4 nitrogen and oxygen atoms in total. The molecule has 0 spiro atoms. The summed E-state index contributed by atoms with van der Waals surface area (Å²) in [7, 11) is 0.